The fourth-order valence-electron chi connectivity index (χ4n) is 4.62. The maximum absolute atomic E-state index is 13.3. The van der Waals surface area contributed by atoms with Gasteiger partial charge in [-0.25, -0.2) is 4.98 Å². The van der Waals surface area contributed by atoms with Crippen LogP contribution in [0.1, 0.15) is 37.9 Å². The van der Waals surface area contributed by atoms with Crippen LogP contribution in [0.3, 0.4) is 0 Å². The van der Waals surface area contributed by atoms with E-state index in [-0.39, 0.29) is 35.8 Å². The van der Waals surface area contributed by atoms with Gasteiger partial charge in [0.25, 0.3) is 5.56 Å². The highest BCUT2D eigenvalue weighted by atomic mass is 35.5. The van der Waals surface area contributed by atoms with E-state index in [0.717, 1.165) is 23.4 Å². The number of aromatic nitrogens is 5. The fourth-order valence-corrected chi connectivity index (χ4v) is 4.80. The molecule has 9 nitrogen and oxygen atoms in total. The highest BCUT2D eigenvalue weighted by Gasteiger charge is 2.24. The molecule has 1 aliphatic heterocycles. The highest BCUT2D eigenvalue weighted by Crippen LogP contribution is 2.33. The molecule has 3 N–H and O–H groups in total. The van der Waals surface area contributed by atoms with E-state index >= 15 is 0 Å². The third-order valence-electron chi connectivity index (χ3n) is 6.62. The van der Waals surface area contributed by atoms with Crippen molar-refractivity contribution in [1.82, 2.24) is 24.3 Å². The number of pyridine rings is 1. The number of nitrogens with two attached hydrogens (primary N) is 1. The van der Waals surface area contributed by atoms with Gasteiger partial charge in [0.2, 0.25) is 5.91 Å². The predicted molar refractivity (Wildman–Crippen MR) is 147 cm³/mol. The summed E-state index contributed by atoms with van der Waals surface area (Å²) in [6.07, 6.45) is 6.90. The summed E-state index contributed by atoms with van der Waals surface area (Å²) in [5.74, 6) is -0.259. The van der Waals surface area contributed by atoms with Crippen molar-refractivity contribution in [2.45, 2.75) is 32.2 Å². The Balaban J connectivity index is 0.00000320. The van der Waals surface area contributed by atoms with E-state index in [2.05, 4.69) is 20.4 Å². The third-order valence-corrected chi connectivity index (χ3v) is 6.85. The van der Waals surface area contributed by atoms with Crippen molar-refractivity contribution >= 4 is 41.3 Å². The number of fused-ring (bicyclic) bond motifs is 4. The molecule has 3 aromatic heterocycles. The molecular formula is C26H27Cl2N7O2. The largest absolute Gasteiger partial charge is 0.398 e. The average molecular weight is 540 g/mol. The van der Waals surface area contributed by atoms with Crippen LogP contribution in [0.15, 0.2) is 59.9 Å². The van der Waals surface area contributed by atoms with Gasteiger partial charge in [0.1, 0.15) is 0 Å². The summed E-state index contributed by atoms with van der Waals surface area (Å²) in [5, 5.41) is 7.87. The van der Waals surface area contributed by atoms with Gasteiger partial charge in [-0.2, -0.15) is 5.10 Å². The zero-order chi connectivity index (χ0) is 25.4. The Labute approximate surface area is 225 Å². The number of halogens is 2. The third kappa shape index (κ3) is 5.23. The summed E-state index contributed by atoms with van der Waals surface area (Å²) in [4.78, 5) is 35.3. The first kappa shape index (κ1) is 26.4. The summed E-state index contributed by atoms with van der Waals surface area (Å²) >= 11 is 6.14. The Morgan fingerprint density at radius 1 is 1.11 bits per heavy atom. The van der Waals surface area contributed by atoms with E-state index in [4.69, 9.17) is 17.3 Å². The molecular weight excluding hydrogens is 513 g/mol. The van der Waals surface area contributed by atoms with E-state index in [9.17, 15) is 9.59 Å². The van der Waals surface area contributed by atoms with Crippen LogP contribution in [-0.2, 0) is 11.8 Å². The average Bonchev–Trinajstić information content (AvgIpc) is 3.22. The second-order valence-electron chi connectivity index (χ2n) is 9.09. The monoisotopic (exact) mass is 539 g/mol. The lowest BCUT2D eigenvalue weighted by atomic mass is 9.97. The van der Waals surface area contributed by atoms with Gasteiger partial charge in [-0.05, 0) is 43.2 Å². The quantitative estimate of drug-likeness (QED) is 0.356. The van der Waals surface area contributed by atoms with E-state index in [0.29, 0.717) is 40.5 Å². The number of amides is 1. The maximum atomic E-state index is 13.3. The smallest absolute Gasteiger partial charge is 0.254 e. The summed E-state index contributed by atoms with van der Waals surface area (Å²) in [6, 6.07) is 10.0. The number of aryl methyl sites for hydroxylation is 1. The van der Waals surface area contributed by atoms with E-state index in [1.165, 1.54) is 12.4 Å². The number of nitrogens with zero attached hydrogens (tertiary/aromatic N) is 5. The number of hydrogen-bond acceptors (Lipinski definition) is 6. The molecule has 4 heterocycles. The lowest BCUT2D eigenvalue weighted by molar-refractivity contribution is -0.119. The molecule has 2 atom stereocenters. The Bertz CT molecular complexity index is 1520. The normalized spacial score (nSPS) is 17.5. The van der Waals surface area contributed by atoms with Crippen LogP contribution in [0, 0.1) is 5.92 Å². The van der Waals surface area contributed by atoms with E-state index < -0.39 is 0 Å². The molecule has 1 aromatic carbocycles. The predicted octanol–water partition coefficient (Wildman–Crippen LogP) is 4.71. The zero-order valence-corrected chi connectivity index (χ0v) is 22.0. The molecule has 0 fully saturated rings. The minimum absolute atomic E-state index is 0. The number of nitrogen functional groups attached to an aromatic ring is 1. The number of hydrogen-bond donors (Lipinski definition) is 2. The number of carbonyl (C=O) groups excluding carboxylic acids is 1. The molecule has 0 spiro atoms. The number of benzene rings is 1. The van der Waals surface area contributed by atoms with E-state index in [1.807, 2.05) is 26.1 Å². The second-order valence-corrected chi connectivity index (χ2v) is 9.52. The van der Waals surface area contributed by atoms with Gasteiger partial charge >= 0.3 is 0 Å². The highest BCUT2D eigenvalue weighted by molar-refractivity contribution is 6.31. The van der Waals surface area contributed by atoms with Crippen LogP contribution in [0.2, 0.25) is 5.02 Å². The van der Waals surface area contributed by atoms with Gasteiger partial charge in [-0.3, -0.25) is 23.8 Å². The molecule has 2 bridgehead atoms. The molecule has 5 rings (SSSR count). The number of nitrogens with one attached hydrogen (secondary N) is 1. The van der Waals surface area contributed by atoms with Crippen molar-refractivity contribution < 1.29 is 4.79 Å². The molecule has 1 amide bonds. The first-order chi connectivity index (χ1) is 17.3. The fraction of sp³-hybridized carbons (Fsp3) is 0.269. The van der Waals surface area contributed by atoms with Crippen molar-refractivity contribution in [2.75, 3.05) is 11.1 Å². The van der Waals surface area contributed by atoms with Gasteiger partial charge < -0.3 is 11.1 Å². The molecule has 0 saturated heterocycles. The summed E-state index contributed by atoms with van der Waals surface area (Å²) in [5.41, 5.74) is 10.4. The van der Waals surface area contributed by atoms with Crippen molar-refractivity contribution in [3.63, 3.8) is 0 Å². The zero-order valence-electron chi connectivity index (χ0n) is 20.4. The van der Waals surface area contributed by atoms with Gasteiger partial charge in [0.15, 0.2) is 0 Å². The first-order valence-electron chi connectivity index (χ1n) is 11.7. The molecule has 0 saturated carbocycles. The van der Waals surface area contributed by atoms with Crippen molar-refractivity contribution in [2.24, 2.45) is 13.0 Å². The van der Waals surface area contributed by atoms with E-state index in [1.54, 1.807) is 39.8 Å². The standard InChI is InChI=1S/C26H26ClN7O2.ClH/c1-15-4-3-5-23(34-14-30-20(12-24(34)35)18-11-17(27)6-7-19(18)28)21-10-16(8-9-29-21)25-22(32-26(15)36)13-31-33(25)2;/h6-15,23H,3-5,28H2,1-2H3,(H,32,36);1H/t15-,23+;/m1./s1. The van der Waals surface area contributed by atoms with Crippen LogP contribution < -0.4 is 16.6 Å². The van der Waals surface area contributed by atoms with Crippen LogP contribution in [0.25, 0.3) is 22.5 Å². The van der Waals surface area contributed by atoms with Gasteiger partial charge in [0.05, 0.1) is 41.3 Å². The molecule has 1 aliphatic rings. The lowest BCUT2D eigenvalue weighted by Gasteiger charge is -2.22. The van der Waals surface area contributed by atoms with Crippen molar-refractivity contribution in [3.05, 3.63) is 76.2 Å². The molecule has 11 heteroatoms. The topological polar surface area (TPSA) is 121 Å². The summed E-state index contributed by atoms with van der Waals surface area (Å²) in [7, 11) is 1.83. The lowest BCUT2D eigenvalue weighted by Crippen LogP contribution is -2.27. The van der Waals surface area contributed by atoms with Crippen molar-refractivity contribution in [3.8, 4) is 22.5 Å². The summed E-state index contributed by atoms with van der Waals surface area (Å²) < 4.78 is 3.31. The van der Waals surface area contributed by atoms with Crippen molar-refractivity contribution in [1.29, 1.82) is 0 Å². The van der Waals surface area contributed by atoms with Crippen LogP contribution in [0.5, 0.6) is 0 Å². The molecule has 0 aliphatic carbocycles. The second kappa shape index (κ2) is 10.7. The Morgan fingerprint density at radius 2 is 1.92 bits per heavy atom. The Kier molecular flexibility index (Phi) is 7.65. The molecule has 37 heavy (non-hydrogen) atoms. The van der Waals surface area contributed by atoms with Crippen LogP contribution in [-0.4, -0.2) is 30.2 Å². The number of anilines is 2. The molecule has 0 unspecified atom stereocenters. The Morgan fingerprint density at radius 3 is 2.70 bits per heavy atom. The summed E-state index contributed by atoms with van der Waals surface area (Å²) in [6.45, 7) is 1.90. The van der Waals surface area contributed by atoms with Gasteiger partial charge in [-0.15, -0.1) is 12.4 Å². The maximum Gasteiger partial charge on any atom is 0.254 e. The number of rotatable bonds is 2. The van der Waals surface area contributed by atoms with Crippen LogP contribution >= 0.6 is 24.0 Å². The van der Waals surface area contributed by atoms with Crippen LogP contribution in [0.4, 0.5) is 11.4 Å². The Hall–Kier alpha value is -3.69. The molecule has 0 radical (unpaired) electrons. The first-order valence-corrected chi connectivity index (χ1v) is 12.1. The minimum Gasteiger partial charge on any atom is -0.398 e. The molecule has 4 aromatic rings. The van der Waals surface area contributed by atoms with Gasteiger partial charge in [-0.1, -0.05) is 24.9 Å². The minimum atomic E-state index is -0.359. The molecule has 192 valence electrons. The SMILES string of the molecule is C[C@@H]1CCC[C@H](n2cnc(-c3cc(Cl)ccc3N)cc2=O)c2cc(ccn2)-c2c(cnn2C)NC1=O.Cl. The number of carbonyl (C=O) groups is 1. The van der Waals surface area contributed by atoms with Gasteiger partial charge in [0, 0.05) is 47.1 Å².